The number of carbonyl (C=O) groups is 2. The normalized spacial score (nSPS) is 29.3. The molecule has 140 valence electrons. The summed E-state index contributed by atoms with van der Waals surface area (Å²) in [6.45, 7) is 5.54. The zero-order valence-corrected chi connectivity index (χ0v) is 16.3. The standard InChI is InChI=1S/C19H22Cl2N2O3/c1-19(22-4-2-3-5-22)11-26-7-6-23(19)18(25)14-10-17(24)13-9-16(21)15(20)8-12(13)14/h8-9,14H,2-7,10-11H2,1H3. The first-order valence-corrected chi connectivity index (χ1v) is 9.84. The Bertz CT molecular complexity index is 763. The van der Waals surface area contributed by atoms with Crippen LogP contribution >= 0.6 is 23.2 Å². The largest absolute Gasteiger partial charge is 0.376 e. The van der Waals surface area contributed by atoms with Crippen molar-refractivity contribution in [2.45, 2.75) is 37.8 Å². The summed E-state index contributed by atoms with van der Waals surface area (Å²) in [6.07, 6.45) is 2.45. The number of halogens is 2. The van der Waals surface area contributed by atoms with E-state index in [0.717, 1.165) is 25.9 Å². The van der Waals surface area contributed by atoms with Crippen LogP contribution in [0.15, 0.2) is 12.1 Å². The SMILES string of the molecule is CC1(N2CCCC2)COCCN1C(=O)C1CC(=O)c2cc(Cl)c(Cl)cc21. The zero-order chi connectivity index (χ0) is 18.5. The molecule has 0 spiro atoms. The van der Waals surface area contributed by atoms with Crippen LogP contribution in [0.5, 0.6) is 0 Å². The number of fused-ring (bicyclic) bond motifs is 1. The minimum Gasteiger partial charge on any atom is -0.376 e. The lowest BCUT2D eigenvalue weighted by molar-refractivity contribution is -0.169. The second-order valence-electron chi connectivity index (χ2n) is 7.49. The predicted molar refractivity (Wildman–Crippen MR) is 99.9 cm³/mol. The molecular formula is C19H22Cl2N2O3. The summed E-state index contributed by atoms with van der Waals surface area (Å²) >= 11 is 12.2. The van der Waals surface area contributed by atoms with E-state index in [1.54, 1.807) is 12.1 Å². The smallest absolute Gasteiger partial charge is 0.232 e. The summed E-state index contributed by atoms with van der Waals surface area (Å²) in [5.41, 5.74) is 0.756. The Kier molecular flexibility index (Phi) is 4.76. The summed E-state index contributed by atoms with van der Waals surface area (Å²) in [6, 6.07) is 3.27. The van der Waals surface area contributed by atoms with Crippen LogP contribution in [0.1, 0.15) is 48.0 Å². The van der Waals surface area contributed by atoms with Gasteiger partial charge in [0.2, 0.25) is 5.91 Å². The van der Waals surface area contributed by atoms with E-state index in [-0.39, 0.29) is 18.1 Å². The average molecular weight is 397 g/mol. The van der Waals surface area contributed by atoms with E-state index in [2.05, 4.69) is 11.8 Å². The third-order valence-corrected chi connectivity index (χ3v) is 6.65. The molecule has 1 aromatic carbocycles. The van der Waals surface area contributed by atoms with Crippen LogP contribution < -0.4 is 0 Å². The Morgan fingerprint density at radius 3 is 2.62 bits per heavy atom. The summed E-state index contributed by atoms with van der Waals surface area (Å²) in [5, 5.41) is 0.724. The second kappa shape index (κ2) is 6.79. The van der Waals surface area contributed by atoms with Crippen LogP contribution in [-0.2, 0) is 9.53 Å². The van der Waals surface area contributed by atoms with E-state index in [9.17, 15) is 9.59 Å². The van der Waals surface area contributed by atoms with Gasteiger partial charge in [-0.25, -0.2) is 0 Å². The van der Waals surface area contributed by atoms with Gasteiger partial charge in [-0.05, 0) is 37.5 Å². The topological polar surface area (TPSA) is 49.9 Å². The predicted octanol–water partition coefficient (Wildman–Crippen LogP) is 3.33. The van der Waals surface area contributed by atoms with Crippen LogP contribution in [-0.4, -0.2) is 60.0 Å². The first kappa shape index (κ1) is 18.2. The lowest BCUT2D eigenvalue weighted by Crippen LogP contribution is -2.66. The molecule has 0 bridgehead atoms. The number of likely N-dealkylation sites (tertiary alicyclic amines) is 1. The molecule has 3 aliphatic rings. The highest BCUT2D eigenvalue weighted by Crippen LogP contribution is 2.41. The number of carbonyl (C=O) groups excluding carboxylic acids is 2. The van der Waals surface area contributed by atoms with Crippen molar-refractivity contribution >= 4 is 34.9 Å². The Morgan fingerprint density at radius 1 is 1.19 bits per heavy atom. The van der Waals surface area contributed by atoms with Gasteiger partial charge in [-0.3, -0.25) is 14.5 Å². The number of nitrogens with zero attached hydrogens (tertiary/aromatic N) is 2. The molecule has 26 heavy (non-hydrogen) atoms. The molecule has 1 aromatic rings. The molecule has 0 radical (unpaired) electrons. The van der Waals surface area contributed by atoms with E-state index in [1.165, 1.54) is 0 Å². The first-order chi connectivity index (χ1) is 12.4. The summed E-state index contributed by atoms with van der Waals surface area (Å²) in [7, 11) is 0. The van der Waals surface area contributed by atoms with Crippen molar-refractivity contribution in [3.8, 4) is 0 Å². The van der Waals surface area contributed by atoms with Crippen molar-refractivity contribution in [1.29, 1.82) is 0 Å². The van der Waals surface area contributed by atoms with Gasteiger partial charge in [-0.2, -0.15) is 0 Å². The highest BCUT2D eigenvalue weighted by molar-refractivity contribution is 6.42. The molecule has 2 unspecified atom stereocenters. The molecule has 2 fully saturated rings. The van der Waals surface area contributed by atoms with Gasteiger partial charge in [-0.15, -0.1) is 0 Å². The number of rotatable bonds is 2. The maximum Gasteiger partial charge on any atom is 0.232 e. The van der Waals surface area contributed by atoms with Crippen molar-refractivity contribution in [2.24, 2.45) is 0 Å². The van der Waals surface area contributed by atoms with Crippen LogP contribution in [0.2, 0.25) is 10.0 Å². The van der Waals surface area contributed by atoms with Gasteiger partial charge in [0.1, 0.15) is 5.66 Å². The van der Waals surface area contributed by atoms with Gasteiger partial charge in [0.25, 0.3) is 0 Å². The number of ether oxygens (including phenoxy) is 1. The van der Waals surface area contributed by atoms with Gasteiger partial charge >= 0.3 is 0 Å². The fourth-order valence-corrected chi connectivity index (χ4v) is 4.79. The minimum absolute atomic E-state index is 0.0202. The van der Waals surface area contributed by atoms with E-state index in [4.69, 9.17) is 27.9 Å². The van der Waals surface area contributed by atoms with Crippen molar-refractivity contribution in [3.05, 3.63) is 33.3 Å². The number of ketones is 1. The Hall–Kier alpha value is -1.14. The average Bonchev–Trinajstić information content (AvgIpc) is 3.25. The van der Waals surface area contributed by atoms with E-state index in [0.29, 0.717) is 40.9 Å². The van der Waals surface area contributed by atoms with Gasteiger partial charge in [0.15, 0.2) is 5.78 Å². The molecule has 2 saturated heterocycles. The number of amides is 1. The summed E-state index contributed by atoms with van der Waals surface area (Å²) in [5.74, 6) is -0.562. The van der Waals surface area contributed by atoms with Crippen LogP contribution in [0.25, 0.3) is 0 Å². The fourth-order valence-electron chi connectivity index (χ4n) is 4.45. The highest BCUT2D eigenvalue weighted by Gasteiger charge is 2.47. The van der Waals surface area contributed by atoms with Crippen LogP contribution in [0.3, 0.4) is 0 Å². The minimum atomic E-state index is -0.493. The van der Waals surface area contributed by atoms with Crippen molar-refractivity contribution < 1.29 is 14.3 Å². The molecule has 4 rings (SSSR count). The number of hydrogen-bond donors (Lipinski definition) is 0. The third kappa shape index (κ3) is 2.85. The summed E-state index contributed by atoms with van der Waals surface area (Å²) in [4.78, 5) is 30.2. The molecule has 2 atom stereocenters. The molecule has 2 aliphatic heterocycles. The summed E-state index contributed by atoms with van der Waals surface area (Å²) < 4.78 is 5.72. The molecule has 1 amide bonds. The maximum absolute atomic E-state index is 13.5. The Morgan fingerprint density at radius 2 is 1.88 bits per heavy atom. The zero-order valence-electron chi connectivity index (χ0n) is 14.8. The van der Waals surface area contributed by atoms with E-state index in [1.807, 2.05) is 4.90 Å². The molecule has 2 heterocycles. The number of morpholine rings is 1. The molecule has 1 aliphatic carbocycles. The maximum atomic E-state index is 13.5. The highest BCUT2D eigenvalue weighted by atomic mass is 35.5. The number of hydrogen-bond acceptors (Lipinski definition) is 4. The van der Waals surface area contributed by atoms with Gasteiger partial charge in [0, 0.05) is 31.6 Å². The first-order valence-electron chi connectivity index (χ1n) is 9.08. The molecule has 5 nitrogen and oxygen atoms in total. The molecule has 0 saturated carbocycles. The van der Waals surface area contributed by atoms with Gasteiger partial charge < -0.3 is 9.64 Å². The Balaban J connectivity index is 1.67. The number of benzene rings is 1. The van der Waals surface area contributed by atoms with Crippen molar-refractivity contribution in [3.63, 3.8) is 0 Å². The fraction of sp³-hybridized carbons (Fsp3) is 0.579. The lowest BCUT2D eigenvalue weighted by Gasteiger charge is -2.50. The Labute approximate surface area is 163 Å². The molecule has 0 aromatic heterocycles. The second-order valence-corrected chi connectivity index (χ2v) is 8.30. The van der Waals surface area contributed by atoms with Gasteiger partial charge in [0.05, 0.1) is 29.2 Å². The van der Waals surface area contributed by atoms with E-state index < -0.39 is 11.6 Å². The van der Waals surface area contributed by atoms with E-state index >= 15 is 0 Å². The lowest BCUT2D eigenvalue weighted by atomic mass is 9.97. The molecule has 7 heteroatoms. The third-order valence-electron chi connectivity index (χ3n) is 5.93. The van der Waals surface area contributed by atoms with Crippen molar-refractivity contribution in [1.82, 2.24) is 9.80 Å². The molecular weight excluding hydrogens is 375 g/mol. The van der Waals surface area contributed by atoms with Crippen LogP contribution in [0.4, 0.5) is 0 Å². The van der Waals surface area contributed by atoms with Gasteiger partial charge in [-0.1, -0.05) is 23.2 Å². The van der Waals surface area contributed by atoms with Crippen molar-refractivity contribution in [2.75, 3.05) is 32.8 Å². The van der Waals surface area contributed by atoms with Crippen LogP contribution in [0, 0.1) is 0 Å². The molecule has 0 N–H and O–H groups in total. The quantitative estimate of drug-likeness (QED) is 0.768. The number of Topliss-reactive ketones (excluding diaryl/α,β-unsaturated/α-hetero) is 1. The monoisotopic (exact) mass is 396 g/mol.